The molecule has 0 spiro atoms. The maximum Gasteiger partial charge on any atom is 0.0532 e. The first-order valence-electron chi connectivity index (χ1n) is 6.49. The van der Waals surface area contributed by atoms with Gasteiger partial charge < -0.3 is 5.32 Å². The molecule has 0 radical (unpaired) electrons. The lowest BCUT2D eigenvalue weighted by molar-refractivity contribution is 0.490. The van der Waals surface area contributed by atoms with Gasteiger partial charge in [-0.3, -0.25) is 4.21 Å². The van der Waals surface area contributed by atoms with Crippen LogP contribution >= 0.6 is 0 Å². The molecule has 3 heteroatoms. The number of rotatable bonds is 2. The quantitative estimate of drug-likeness (QED) is 0.873. The molecule has 0 aromatic heterocycles. The Balaban J connectivity index is 1.98. The molecule has 1 fully saturated rings. The number of hydrogen-bond acceptors (Lipinski definition) is 2. The van der Waals surface area contributed by atoms with Crippen LogP contribution in [0.4, 0.5) is 0 Å². The van der Waals surface area contributed by atoms with Gasteiger partial charge in [-0.05, 0) is 44.2 Å². The predicted molar refractivity (Wildman–Crippen MR) is 70.6 cm³/mol. The van der Waals surface area contributed by atoms with Gasteiger partial charge in [0.2, 0.25) is 0 Å². The standard InChI is InChI=1S/C14H19NOS/c1-10-4-7-14-12(9-10)13(15-11-5-6-11)3-2-8-17(14)16/h4,7,9,11,13,15H,2-3,5-6,8H2,1H3. The highest BCUT2D eigenvalue weighted by atomic mass is 32.2. The summed E-state index contributed by atoms with van der Waals surface area (Å²) >= 11 is 0. The van der Waals surface area contributed by atoms with Crippen molar-refractivity contribution in [1.29, 1.82) is 0 Å². The molecule has 17 heavy (non-hydrogen) atoms. The third kappa shape index (κ3) is 2.45. The molecule has 1 aliphatic heterocycles. The molecule has 1 heterocycles. The summed E-state index contributed by atoms with van der Waals surface area (Å²) in [6.07, 6.45) is 4.80. The topological polar surface area (TPSA) is 29.1 Å². The van der Waals surface area contributed by atoms with E-state index in [0.717, 1.165) is 23.5 Å². The minimum absolute atomic E-state index is 0.420. The van der Waals surface area contributed by atoms with Gasteiger partial charge in [-0.2, -0.15) is 0 Å². The number of benzene rings is 1. The zero-order chi connectivity index (χ0) is 11.8. The molecule has 2 unspecified atom stereocenters. The second kappa shape index (κ2) is 4.54. The lowest BCUT2D eigenvalue weighted by Gasteiger charge is -2.19. The van der Waals surface area contributed by atoms with Gasteiger partial charge in [-0.25, -0.2) is 0 Å². The van der Waals surface area contributed by atoms with Gasteiger partial charge >= 0.3 is 0 Å². The largest absolute Gasteiger partial charge is 0.307 e. The molecule has 1 saturated carbocycles. The van der Waals surface area contributed by atoms with Crippen molar-refractivity contribution in [3.63, 3.8) is 0 Å². The smallest absolute Gasteiger partial charge is 0.0532 e. The van der Waals surface area contributed by atoms with Crippen LogP contribution in [0.2, 0.25) is 0 Å². The van der Waals surface area contributed by atoms with E-state index >= 15 is 0 Å². The monoisotopic (exact) mass is 249 g/mol. The van der Waals surface area contributed by atoms with Gasteiger partial charge in [0, 0.05) is 22.7 Å². The fraction of sp³-hybridized carbons (Fsp3) is 0.571. The van der Waals surface area contributed by atoms with E-state index in [1.807, 2.05) is 0 Å². The van der Waals surface area contributed by atoms with Gasteiger partial charge in [-0.15, -0.1) is 0 Å². The summed E-state index contributed by atoms with van der Waals surface area (Å²) in [6, 6.07) is 7.49. The minimum atomic E-state index is -0.796. The van der Waals surface area contributed by atoms with Crippen LogP contribution in [0.5, 0.6) is 0 Å². The Kier molecular flexibility index (Phi) is 3.05. The Labute approximate surface area is 105 Å². The second-order valence-corrected chi connectivity index (χ2v) is 6.77. The average Bonchev–Trinajstić information content (AvgIpc) is 3.11. The van der Waals surface area contributed by atoms with E-state index < -0.39 is 10.8 Å². The van der Waals surface area contributed by atoms with Crippen LogP contribution in [0.15, 0.2) is 23.1 Å². The van der Waals surface area contributed by atoms with Crippen LogP contribution in [0.3, 0.4) is 0 Å². The summed E-state index contributed by atoms with van der Waals surface area (Å²) in [5.74, 6) is 0.818. The van der Waals surface area contributed by atoms with E-state index in [4.69, 9.17) is 0 Å². The average molecular weight is 249 g/mol. The lowest BCUT2D eigenvalue weighted by Crippen LogP contribution is -2.23. The Hall–Kier alpha value is -0.670. The van der Waals surface area contributed by atoms with Crippen molar-refractivity contribution in [1.82, 2.24) is 5.32 Å². The van der Waals surface area contributed by atoms with E-state index in [9.17, 15) is 4.21 Å². The second-order valence-electron chi connectivity index (χ2n) is 5.23. The van der Waals surface area contributed by atoms with E-state index in [-0.39, 0.29) is 0 Å². The van der Waals surface area contributed by atoms with Crippen molar-refractivity contribution >= 4 is 10.8 Å². The Morgan fingerprint density at radius 3 is 2.88 bits per heavy atom. The molecule has 2 atom stereocenters. The molecule has 0 bridgehead atoms. The zero-order valence-electron chi connectivity index (χ0n) is 10.2. The van der Waals surface area contributed by atoms with Gasteiger partial charge in [0.05, 0.1) is 10.8 Å². The molecule has 0 saturated heterocycles. The van der Waals surface area contributed by atoms with Gasteiger partial charge in [0.1, 0.15) is 0 Å². The summed E-state index contributed by atoms with van der Waals surface area (Å²) in [7, 11) is -0.796. The zero-order valence-corrected chi connectivity index (χ0v) is 11.1. The molecule has 0 amide bonds. The number of fused-ring (bicyclic) bond motifs is 1. The molecular formula is C14H19NOS. The van der Waals surface area contributed by atoms with Crippen molar-refractivity contribution in [2.75, 3.05) is 5.75 Å². The molecule has 1 N–H and O–H groups in total. The predicted octanol–water partition coefficient (Wildman–Crippen LogP) is 2.69. The maximum atomic E-state index is 12.1. The molecule has 1 aromatic carbocycles. The van der Waals surface area contributed by atoms with Crippen LogP contribution in [-0.2, 0) is 10.8 Å². The van der Waals surface area contributed by atoms with Crippen molar-refractivity contribution < 1.29 is 4.21 Å². The van der Waals surface area contributed by atoms with Crippen molar-refractivity contribution in [2.24, 2.45) is 0 Å². The molecule has 2 aliphatic rings. The highest BCUT2D eigenvalue weighted by Gasteiger charge is 2.28. The molecule has 3 rings (SSSR count). The summed E-state index contributed by atoms with van der Waals surface area (Å²) in [4.78, 5) is 1.06. The third-order valence-corrected chi connectivity index (χ3v) is 5.14. The number of nitrogens with one attached hydrogen (secondary N) is 1. The third-order valence-electron chi connectivity index (χ3n) is 3.62. The molecular weight excluding hydrogens is 230 g/mol. The fourth-order valence-electron chi connectivity index (χ4n) is 2.54. The van der Waals surface area contributed by atoms with Crippen LogP contribution in [-0.4, -0.2) is 16.0 Å². The SMILES string of the molecule is Cc1ccc2c(c1)C(NC1CC1)CCCS2=O. The Bertz CT molecular complexity index is 454. The van der Waals surface area contributed by atoms with Crippen molar-refractivity contribution in [3.05, 3.63) is 29.3 Å². The van der Waals surface area contributed by atoms with E-state index in [1.54, 1.807) is 0 Å². The molecule has 2 nitrogen and oxygen atoms in total. The highest BCUT2D eigenvalue weighted by Crippen LogP contribution is 2.33. The molecule has 92 valence electrons. The first-order valence-corrected chi connectivity index (χ1v) is 7.81. The molecule has 1 aromatic rings. The normalized spacial score (nSPS) is 28.5. The van der Waals surface area contributed by atoms with Crippen molar-refractivity contribution in [3.8, 4) is 0 Å². The lowest BCUT2D eigenvalue weighted by atomic mass is 10.0. The minimum Gasteiger partial charge on any atom is -0.307 e. The van der Waals surface area contributed by atoms with Gasteiger partial charge in [-0.1, -0.05) is 17.7 Å². The van der Waals surface area contributed by atoms with Gasteiger partial charge in [0.15, 0.2) is 0 Å². The summed E-state index contributed by atoms with van der Waals surface area (Å²) in [6.45, 7) is 2.11. The van der Waals surface area contributed by atoms with Crippen LogP contribution in [0, 0.1) is 6.92 Å². The van der Waals surface area contributed by atoms with Gasteiger partial charge in [0.25, 0.3) is 0 Å². The Morgan fingerprint density at radius 1 is 1.29 bits per heavy atom. The maximum absolute atomic E-state index is 12.1. The number of hydrogen-bond donors (Lipinski definition) is 1. The molecule has 1 aliphatic carbocycles. The van der Waals surface area contributed by atoms with Crippen molar-refractivity contribution in [2.45, 2.75) is 49.6 Å². The number of aryl methyl sites for hydroxylation is 1. The van der Waals surface area contributed by atoms with E-state index in [1.165, 1.54) is 24.0 Å². The van der Waals surface area contributed by atoms with Crippen LogP contribution in [0.1, 0.15) is 42.9 Å². The first kappa shape index (κ1) is 11.4. The summed E-state index contributed by atoms with van der Waals surface area (Å²) in [5, 5.41) is 3.70. The van der Waals surface area contributed by atoms with Crippen LogP contribution in [0.25, 0.3) is 0 Å². The fourth-order valence-corrected chi connectivity index (χ4v) is 3.87. The van der Waals surface area contributed by atoms with E-state index in [2.05, 4.69) is 30.4 Å². The highest BCUT2D eigenvalue weighted by molar-refractivity contribution is 7.85. The summed E-state index contributed by atoms with van der Waals surface area (Å²) in [5.41, 5.74) is 2.55. The first-order chi connectivity index (χ1) is 8.24. The van der Waals surface area contributed by atoms with Crippen LogP contribution < -0.4 is 5.32 Å². The van der Waals surface area contributed by atoms with E-state index in [0.29, 0.717) is 12.1 Å². The Morgan fingerprint density at radius 2 is 2.12 bits per heavy atom. The summed E-state index contributed by atoms with van der Waals surface area (Å²) < 4.78 is 12.1.